The van der Waals surface area contributed by atoms with Gasteiger partial charge in [-0.25, -0.2) is 4.79 Å². The van der Waals surface area contributed by atoms with Gasteiger partial charge in [-0.05, 0) is 32.2 Å². The largest absolute Gasteiger partial charge is 0.480 e. The number of carbonyl (C=O) groups excluding carboxylic acids is 4. The summed E-state index contributed by atoms with van der Waals surface area (Å²) in [4.78, 5) is 64.2. The number of aliphatic carboxylic acids is 1. The molecule has 0 aromatic carbocycles. The van der Waals surface area contributed by atoms with E-state index in [9.17, 15) is 29.1 Å². The Morgan fingerprint density at radius 2 is 1.67 bits per heavy atom. The zero-order valence-corrected chi connectivity index (χ0v) is 19.0. The van der Waals surface area contributed by atoms with E-state index in [0.29, 0.717) is 13.0 Å². The summed E-state index contributed by atoms with van der Waals surface area (Å²) in [6, 6.07) is -4.27. The van der Waals surface area contributed by atoms with E-state index in [-0.39, 0.29) is 37.0 Å². The highest BCUT2D eigenvalue weighted by atomic mass is 32.1. The van der Waals surface area contributed by atoms with E-state index in [4.69, 9.17) is 17.2 Å². The van der Waals surface area contributed by atoms with Crippen molar-refractivity contribution in [3.8, 4) is 0 Å². The molecule has 0 radical (unpaired) electrons. The third-order valence-electron chi connectivity index (χ3n) is 4.79. The molecule has 4 amide bonds. The molecule has 1 fully saturated rings. The van der Waals surface area contributed by atoms with Gasteiger partial charge in [-0.15, -0.1) is 0 Å². The number of aliphatic imine (C=N–C) groups is 1. The van der Waals surface area contributed by atoms with Crippen molar-refractivity contribution in [2.24, 2.45) is 22.2 Å². The topological polar surface area (TPSA) is 244 Å². The Morgan fingerprint density at radius 1 is 1.03 bits per heavy atom. The molecule has 1 aliphatic rings. The molecule has 33 heavy (non-hydrogen) atoms. The number of primary amides is 1. The molecular weight excluding hydrogens is 456 g/mol. The van der Waals surface area contributed by atoms with E-state index in [1.807, 2.05) is 0 Å². The van der Waals surface area contributed by atoms with Crippen molar-refractivity contribution in [1.29, 1.82) is 0 Å². The Kier molecular flexibility index (Phi) is 12.0. The number of rotatable bonds is 14. The fraction of sp³-hybridized carbons (Fsp3) is 0.667. The second kappa shape index (κ2) is 14.2. The lowest BCUT2D eigenvalue weighted by Gasteiger charge is -2.24. The van der Waals surface area contributed by atoms with Crippen molar-refractivity contribution < 1.29 is 29.1 Å². The highest BCUT2D eigenvalue weighted by Gasteiger charge is 2.31. The maximum atomic E-state index is 12.6. The Labute approximate surface area is 196 Å². The number of guanidine groups is 1. The van der Waals surface area contributed by atoms with Crippen LogP contribution in [0.5, 0.6) is 0 Å². The van der Waals surface area contributed by atoms with E-state index in [1.54, 1.807) is 0 Å². The van der Waals surface area contributed by atoms with Gasteiger partial charge in [0.15, 0.2) is 5.96 Å². The molecule has 4 atom stereocenters. The van der Waals surface area contributed by atoms with Crippen LogP contribution in [0.3, 0.4) is 0 Å². The second-order valence-corrected chi connectivity index (χ2v) is 7.84. The Bertz CT molecular complexity index is 754. The Hall–Kier alpha value is -3.07. The van der Waals surface area contributed by atoms with Crippen LogP contribution in [0.2, 0.25) is 0 Å². The number of nitrogens with one attached hydrogen (secondary N) is 4. The molecule has 11 N–H and O–H groups in total. The van der Waals surface area contributed by atoms with Crippen LogP contribution in [0.25, 0.3) is 0 Å². The predicted molar refractivity (Wildman–Crippen MR) is 122 cm³/mol. The molecule has 1 saturated heterocycles. The molecule has 1 aliphatic heterocycles. The first-order valence-electron chi connectivity index (χ1n) is 10.4. The van der Waals surface area contributed by atoms with Crippen LogP contribution in [-0.2, 0) is 24.0 Å². The van der Waals surface area contributed by atoms with Gasteiger partial charge < -0.3 is 43.6 Å². The van der Waals surface area contributed by atoms with Crippen molar-refractivity contribution in [3.05, 3.63) is 0 Å². The van der Waals surface area contributed by atoms with Gasteiger partial charge in [0.2, 0.25) is 23.6 Å². The third kappa shape index (κ3) is 10.4. The monoisotopic (exact) mass is 488 g/mol. The van der Waals surface area contributed by atoms with Crippen LogP contribution in [0.15, 0.2) is 4.99 Å². The van der Waals surface area contributed by atoms with E-state index >= 15 is 0 Å². The van der Waals surface area contributed by atoms with Crippen molar-refractivity contribution in [3.63, 3.8) is 0 Å². The molecule has 1 heterocycles. The molecule has 0 aromatic heterocycles. The predicted octanol–water partition coefficient (Wildman–Crippen LogP) is -3.86. The Balaban J connectivity index is 2.78. The van der Waals surface area contributed by atoms with Crippen LogP contribution < -0.4 is 38.5 Å². The van der Waals surface area contributed by atoms with Crippen molar-refractivity contribution in [2.45, 2.75) is 56.3 Å². The first-order valence-corrected chi connectivity index (χ1v) is 11.0. The smallest absolute Gasteiger partial charge is 0.326 e. The first-order chi connectivity index (χ1) is 15.5. The van der Waals surface area contributed by atoms with E-state index in [2.05, 4.69) is 38.9 Å². The van der Waals surface area contributed by atoms with Gasteiger partial charge in [0.1, 0.15) is 18.1 Å². The first kappa shape index (κ1) is 28.0. The summed E-state index contributed by atoms with van der Waals surface area (Å²) in [5, 5.41) is 19.5. The minimum atomic E-state index is -1.45. The van der Waals surface area contributed by atoms with Crippen LogP contribution in [0, 0.1) is 0 Å². The van der Waals surface area contributed by atoms with E-state index in [0.717, 1.165) is 6.42 Å². The van der Waals surface area contributed by atoms with E-state index < -0.39 is 54.3 Å². The van der Waals surface area contributed by atoms with Gasteiger partial charge in [-0.1, -0.05) is 0 Å². The molecule has 0 aromatic rings. The van der Waals surface area contributed by atoms with Gasteiger partial charge in [0, 0.05) is 12.3 Å². The SMILES string of the molecule is NC(=O)CC(NC(=O)C(CS)NC(=O)C1CCCN1)C(=O)NC(CCCN=C(N)N)C(=O)O. The van der Waals surface area contributed by atoms with Crippen molar-refractivity contribution >= 4 is 48.2 Å². The lowest BCUT2D eigenvalue weighted by atomic mass is 10.1. The fourth-order valence-electron chi connectivity index (χ4n) is 3.09. The number of carboxylic acids is 1. The number of nitrogens with zero attached hydrogens (tertiary/aromatic N) is 1. The molecule has 0 saturated carbocycles. The third-order valence-corrected chi connectivity index (χ3v) is 5.16. The average Bonchev–Trinajstić information content (AvgIpc) is 3.27. The quantitative estimate of drug-likeness (QED) is 0.0502. The van der Waals surface area contributed by atoms with Crippen LogP contribution >= 0.6 is 12.6 Å². The lowest BCUT2D eigenvalue weighted by Crippen LogP contribution is -2.58. The normalized spacial score (nSPS) is 17.8. The molecule has 15 heteroatoms. The number of hydrogen-bond acceptors (Lipinski definition) is 8. The number of amides is 4. The molecule has 1 rings (SSSR count). The number of carboxylic acid groups (broad SMARTS) is 1. The molecule has 14 nitrogen and oxygen atoms in total. The maximum Gasteiger partial charge on any atom is 0.326 e. The minimum absolute atomic E-state index is 0.00119. The molecule has 0 spiro atoms. The summed E-state index contributed by atoms with van der Waals surface area (Å²) >= 11 is 4.07. The van der Waals surface area contributed by atoms with Gasteiger partial charge in [-0.2, -0.15) is 12.6 Å². The molecule has 0 bridgehead atoms. The van der Waals surface area contributed by atoms with Gasteiger partial charge >= 0.3 is 5.97 Å². The van der Waals surface area contributed by atoms with Gasteiger partial charge in [0.05, 0.1) is 12.5 Å². The van der Waals surface area contributed by atoms with Gasteiger partial charge in [-0.3, -0.25) is 24.2 Å². The summed E-state index contributed by atoms with van der Waals surface area (Å²) in [7, 11) is 0. The highest BCUT2D eigenvalue weighted by Crippen LogP contribution is 2.06. The number of carbonyl (C=O) groups is 5. The summed E-state index contributed by atoms with van der Waals surface area (Å²) in [5.74, 6) is -4.50. The highest BCUT2D eigenvalue weighted by molar-refractivity contribution is 7.80. The average molecular weight is 489 g/mol. The van der Waals surface area contributed by atoms with Crippen molar-refractivity contribution in [1.82, 2.24) is 21.3 Å². The molecular formula is C18H32N8O6S. The minimum Gasteiger partial charge on any atom is -0.480 e. The van der Waals surface area contributed by atoms with E-state index in [1.165, 1.54) is 0 Å². The van der Waals surface area contributed by atoms with Gasteiger partial charge in [0.25, 0.3) is 0 Å². The Morgan fingerprint density at radius 3 is 2.18 bits per heavy atom. The van der Waals surface area contributed by atoms with Crippen molar-refractivity contribution in [2.75, 3.05) is 18.8 Å². The summed E-state index contributed by atoms with van der Waals surface area (Å²) in [5.41, 5.74) is 15.6. The number of nitrogens with two attached hydrogens (primary N) is 3. The zero-order valence-electron chi connectivity index (χ0n) is 18.1. The summed E-state index contributed by atoms with van der Waals surface area (Å²) in [6.45, 7) is 0.843. The summed E-state index contributed by atoms with van der Waals surface area (Å²) in [6.07, 6.45) is 1.13. The zero-order chi connectivity index (χ0) is 25.0. The molecule has 4 unspecified atom stereocenters. The maximum absolute atomic E-state index is 12.6. The molecule has 0 aliphatic carbocycles. The van der Waals surface area contributed by atoms with Crippen LogP contribution in [0.1, 0.15) is 32.1 Å². The fourth-order valence-corrected chi connectivity index (χ4v) is 3.35. The standard InChI is InChI=1S/C18H32N8O6S/c19-13(27)7-11(15(29)24-10(17(31)32)4-2-6-23-18(20)21)25-16(30)12(8-33)26-14(28)9-3-1-5-22-9/h9-12,22,33H,1-8H2,(H2,19,27)(H,24,29)(H,25,30)(H,26,28)(H,31,32)(H4,20,21,23). The van der Waals surface area contributed by atoms with Crippen LogP contribution in [0.4, 0.5) is 0 Å². The molecule has 186 valence electrons. The van der Waals surface area contributed by atoms with Crippen LogP contribution in [-0.4, -0.2) is 83.7 Å². The number of hydrogen-bond donors (Lipinski definition) is 9. The second-order valence-electron chi connectivity index (χ2n) is 7.47. The summed E-state index contributed by atoms with van der Waals surface area (Å²) < 4.78 is 0. The lowest BCUT2D eigenvalue weighted by molar-refractivity contribution is -0.142. The number of thiol groups is 1.